The summed E-state index contributed by atoms with van der Waals surface area (Å²) in [7, 11) is 0. The summed E-state index contributed by atoms with van der Waals surface area (Å²) in [6, 6.07) is 2.16. The van der Waals surface area contributed by atoms with Crippen LogP contribution in [0.5, 0.6) is 0 Å². The van der Waals surface area contributed by atoms with Crippen LogP contribution in [0, 0.1) is 6.92 Å². The van der Waals surface area contributed by atoms with Crippen LogP contribution < -0.4 is 10.2 Å². The number of nitrogens with zero attached hydrogens (tertiary/aromatic N) is 3. The highest BCUT2D eigenvalue weighted by Crippen LogP contribution is 2.20. The van der Waals surface area contributed by atoms with Crippen molar-refractivity contribution in [2.75, 3.05) is 31.1 Å². The van der Waals surface area contributed by atoms with Crippen molar-refractivity contribution in [1.82, 2.24) is 15.5 Å². The van der Waals surface area contributed by atoms with Gasteiger partial charge in [-0.2, -0.15) is 5.10 Å². The van der Waals surface area contributed by atoms with E-state index in [1.807, 2.05) is 0 Å². The van der Waals surface area contributed by atoms with Crippen LogP contribution in [-0.2, 0) is 0 Å². The smallest absolute Gasteiger partial charge is 0.154 e. The number of nitrogens with one attached hydrogen (secondary N) is 1. The van der Waals surface area contributed by atoms with E-state index in [-0.39, 0.29) is 0 Å². The van der Waals surface area contributed by atoms with Gasteiger partial charge in [-0.15, -0.1) is 5.10 Å². The highest BCUT2D eigenvalue weighted by atomic mass is 15.3. The number of aromatic nitrogens is 2. The molecule has 1 aliphatic rings. The third kappa shape index (κ3) is 2.32. The summed E-state index contributed by atoms with van der Waals surface area (Å²) in [6.45, 7) is 10.5. The minimum Gasteiger partial charge on any atom is -0.352 e. The van der Waals surface area contributed by atoms with Crippen LogP contribution in [0.25, 0.3) is 0 Å². The normalized spacial score (nSPS) is 16.9. The van der Waals surface area contributed by atoms with Crippen molar-refractivity contribution in [3.05, 3.63) is 17.3 Å². The predicted octanol–water partition coefficient (Wildman–Crippen LogP) is 1.32. The first-order valence-electron chi connectivity index (χ1n) is 5.98. The fraction of sp³-hybridized carbons (Fsp3) is 0.667. The lowest BCUT2D eigenvalue weighted by Gasteiger charge is -2.29. The molecule has 0 amide bonds. The summed E-state index contributed by atoms with van der Waals surface area (Å²) in [4.78, 5) is 2.31. The molecule has 2 heterocycles. The fourth-order valence-electron chi connectivity index (χ4n) is 1.97. The molecule has 1 aromatic heterocycles. The monoisotopic (exact) mass is 220 g/mol. The zero-order chi connectivity index (χ0) is 11.5. The number of hydrogen-bond donors (Lipinski definition) is 1. The maximum Gasteiger partial charge on any atom is 0.154 e. The Labute approximate surface area is 97.1 Å². The Hall–Kier alpha value is -1.16. The number of aryl methyl sites for hydroxylation is 1. The maximum absolute atomic E-state index is 4.37. The molecule has 4 heteroatoms. The molecule has 1 aliphatic heterocycles. The zero-order valence-electron chi connectivity index (χ0n) is 10.3. The van der Waals surface area contributed by atoms with Gasteiger partial charge in [0.25, 0.3) is 0 Å². The Kier molecular flexibility index (Phi) is 3.39. The summed E-state index contributed by atoms with van der Waals surface area (Å²) in [5.74, 6) is 1.49. The quantitative estimate of drug-likeness (QED) is 0.816. The van der Waals surface area contributed by atoms with E-state index in [0.29, 0.717) is 5.92 Å². The van der Waals surface area contributed by atoms with Crippen LogP contribution in [0.15, 0.2) is 6.07 Å². The first kappa shape index (κ1) is 11.3. The Morgan fingerprint density at radius 3 is 2.50 bits per heavy atom. The van der Waals surface area contributed by atoms with Gasteiger partial charge in [0.2, 0.25) is 0 Å². The topological polar surface area (TPSA) is 41.1 Å². The van der Waals surface area contributed by atoms with E-state index in [9.17, 15) is 0 Å². The molecule has 1 aromatic rings. The lowest BCUT2D eigenvalue weighted by molar-refractivity contribution is 0.580. The third-order valence-electron chi connectivity index (χ3n) is 2.99. The standard InChI is InChI=1S/C12H20N4/c1-9(2)11-8-10(3)12(15-14-11)16-6-4-13-5-7-16/h8-9,13H,4-7H2,1-3H3. The Morgan fingerprint density at radius 2 is 1.94 bits per heavy atom. The summed E-state index contributed by atoms with van der Waals surface area (Å²) >= 11 is 0. The molecular formula is C12H20N4. The lowest BCUT2D eigenvalue weighted by atomic mass is 10.1. The summed E-state index contributed by atoms with van der Waals surface area (Å²) in [6.07, 6.45) is 0. The Balaban J connectivity index is 2.21. The second kappa shape index (κ2) is 4.78. The second-order valence-corrected chi connectivity index (χ2v) is 4.67. The molecule has 0 aliphatic carbocycles. The van der Waals surface area contributed by atoms with Crippen molar-refractivity contribution in [1.29, 1.82) is 0 Å². The highest BCUT2D eigenvalue weighted by molar-refractivity contribution is 5.46. The zero-order valence-corrected chi connectivity index (χ0v) is 10.3. The molecule has 4 nitrogen and oxygen atoms in total. The van der Waals surface area contributed by atoms with Crippen molar-refractivity contribution < 1.29 is 0 Å². The average Bonchev–Trinajstić information content (AvgIpc) is 2.30. The van der Waals surface area contributed by atoms with Crippen LogP contribution >= 0.6 is 0 Å². The molecule has 1 saturated heterocycles. The van der Waals surface area contributed by atoms with Gasteiger partial charge in [-0.25, -0.2) is 0 Å². The van der Waals surface area contributed by atoms with E-state index in [1.54, 1.807) is 0 Å². The predicted molar refractivity (Wildman–Crippen MR) is 65.9 cm³/mol. The van der Waals surface area contributed by atoms with Gasteiger partial charge in [-0.1, -0.05) is 13.8 Å². The van der Waals surface area contributed by atoms with E-state index in [2.05, 4.69) is 47.3 Å². The van der Waals surface area contributed by atoms with E-state index in [1.165, 1.54) is 5.56 Å². The highest BCUT2D eigenvalue weighted by Gasteiger charge is 2.15. The third-order valence-corrected chi connectivity index (χ3v) is 2.99. The van der Waals surface area contributed by atoms with Gasteiger partial charge >= 0.3 is 0 Å². The fourth-order valence-corrected chi connectivity index (χ4v) is 1.97. The van der Waals surface area contributed by atoms with Crippen molar-refractivity contribution in [2.45, 2.75) is 26.7 Å². The first-order chi connectivity index (χ1) is 7.68. The Bertz CT molecular complexity index is 356. The molecule has 2 rings (SSSR count). The molecule has 1 fully saturated rings. The van der Waals surface area contributed by atoms with E-state index in [0.717, 1.165) is 37.7 Å². The second-order valence-electron chi connectivity index (χ2n) is 4.67. The molecule has 0 aromatic carbocycles. The van der Waals surface area contributed by atoms with Crippen LogP contribution in [0.2, 0.25) is 0 Å². The number of piperazine rings is 1. The average molecular weight is 220 g/mol. The molecule has 0 unspecified atom stereocenters. The number of anilines is 1. The van der Waals surface area contributed by atoms with Gasteiger partial charge in [0.05, 0.1) is 5.69 Å². The maximum atomic E-state index is 4.37. The lowest BCUT2D eigenvalue weighted by Crippen LogP contribution is -2.44. The first-order valence-corrected chi connectivity index (χ1v) is 5.98. The minimum absolute atomic E-state index is 0.447. The largest absolute Gasteiger partial charge is 0.352 e. The minimum atomic E-state index is 0.447. The molecule has 0 radical (unpaired) electrons. The van der Waals surface area contributed by atoms with Crippen LogP contribution in [-0.4, -0.2) is 36.4 Å². The Morgan fingerprint density at radius 1 is 1.25 bits per heavy atom. The number of hydrogen-bond acceptors (Lipinski definition) is 4. The SMILES string of the molecule is Cc1cc(C(C)C)nnc1N1CCNCC1. The molecule has 0 bridgehead atoms. The number of rotatable bonds is 2. The molecule has 0 atom stereocenters. The molecule has 88 valence electrons. The van der Waals surface area contributed by atoms with Crippen LogP contribution in [0.3, 0.4) is 0 Å². The van der Waals surface area contributed by atoms with Crippen molar-refractivity contribution in [3.63, 3.8) is 0 Å². The molecule has 0 saturated carbocycles. The van der Waals surface area contributed by atoms with E-state index >= 15 is 0 Å². The van der Waals surface area contributed by atoms with E-state index < -0.39 is 0 Å². The van der Waals surface area contributed by atoms with Crippen molar-refractivity contribution in [2.24, 2.45) is 0 Å². The summed E-state index contributed by atoms with van der Waals surface area (Å²) < 4.78 is 0. The summed E-state index contributed by atoms with van der Waals surface area (Å²) in [5.41, 5.74) is 2.32. The molecule has 1 N–H and O–H groups in total. The van der Waals surface area contributed by atoms with Crippen LogP contribution in [0.1, 0.15) is 31.0 Å². The van der Waals surface area contributed by atoms with Gasteiger partial charge < -0.3 is 10.2 Å². The molecular weight excluding hydrogens is 200 g/mol. The van der Waals surface area contributed by atoms with Gasteiger partial charge in [0.1, 0.15) is 0 Å². The summed E-state index contributed by atoms with van der Waals surface area (Å²) in [5, 5.41) is 12.0. The van der Waals surface area contributed by atoms with Crippen molar-refractivity contribution in [3.8, 4) is 0 Å². The van der Waals surface area contributed by atoms with Gasteiger partial charge in [-0.05, 0) is 24.5 Å². The van der Waals surface area contributed by atoms with Gasteiger partial charge in [-0.3, -0.25) is 0 Å². The van der Waals surface area contributed by atoms with Gasteiger partial charge in [0.15, 0.2) is 5.82 Å². The molecule has 16 heavy (non-hydrogen) atoms. The van der Waals surface area contributed by atoms with Gasteiger partial charge in [0, 0.05) is 26.2 Å². The van der Waals surface area contributed by atoms with Crippen molar-refractivity contribution >= 4 is 5.82 Å². The molecule has 0 spiro atoms. The van der Waals surface area contributed by atoms with E-state index in [4.69, 9.17) is 0 Å². The van der Waals surface area contributed by atoms with Crippen LogP contribution in [0.4, 0.5) is 5.82 Å².